The van der Waals surface area contributed by atoms with Crippen molar-refractivity contribution in [2.75, 3.05) is 14.1 Å². The molecule has 0 aliphatic heterocycles. The molecule has 0 aliphatic rings. The van der Waals surface area contributed by atoms with Gasteiger partial charge in [-0.25, -0.2) is 4.98 Å². The van der Waals surface area contributed by atoms with Crippen LogP contribution >= 0.6 is 11.3 Å². The van der Waals surface area contributed by atoms with Gasteiger partial charge in [-0.2, -0.15) is 0 Å². The summed E-state index contributed by atoms with van der Waals surface area (Å²) < 4.78 is 2.07. The Morgan fingerprint density at radius 1 is 1.61 bits per heavy atom. The number of nitrogens with zero attached hydrogens (tertiary/aromatic N) is 3. The maximum absolute atomic E-state index is 11.7. The third kappa shape index (κ3) is 2.39. The van der Waals surface area contributed by atoms with Gasteiger partial charge in [-0.3, -0.25) is 9.20 Å². The van der Waals surface area contributed by atoms with Gasteiger partial charge in [0.25, 0.3) is 0 Å². The lowest BCUT2D eigenvalue weighted by Crippen LogP contribution is -2.41. The Balaban J connectivity index is 2.08. The lowest BCUT2D eigenvalue weighted by molar-refractivity contribution is -0.130. The Bertz CT molecular complexity index is 557. The first kappa shape index (κ1) is 13.0. The first-order valence-electron chi connectivity index (χ1n) is 5.86. The predicted octanol–water partition coefficient (Wildman–Crippen LogP) is 1.27. The average Bonchev–Trinajstić information content (AvgIpc) is 2.85. The average molecular weight is 266 g/mol. The number of imidazole rings is 1. The number of hydrogen-bond donors (Lipinski definition) is 1. The number of rotatable bonds is 4. The molecular formula is C12H18N4OS. The number of carbonyl (C=O) groups excluding carboxylic acids is 1. The van der Waals surface area contributed by atoms with E-state index in [0.29, 0.717) is 6.54 Å². The number of nitrogens with one attached hydrogen (secondary N) is 1. The van der Waals surface area contributed by atoms with Gasteiger partial charge in [0.05, 0.1) is 17.4 Å². The second-order valence-electron chi connectivity index (χ2n) is 4.53. The van der Waals surface area contributed by atoms with Gasteiger partial charge in [0.2, 0.25) is 5.91 Å². The van der Waals surface area contributed by atoms with Gasteiger partial charge in [0.1, 0.15) is 0 Å². The first-order chi connectivity index (χ1) is 8.50. The molecule has 0 fully saturated rings. The first-order valence-corrected chi connectivity index (χ1v) is 6.74. The molecular weight excluding hydrogens is 248 g/mol. The van der Waals surface area contributed by atoms with Crippen LogP contribution in [-0.4, -0.2) is 40.3 Å². The van der Waals surface area contributed by atoms with Gasteiger partial charge in [0.15, 0.2) is 4.96 Å². The van der Waals surface area contributed by atoms with E-state index < -0.39 is 0 Å². The summed E-state index contributed by atoms with van der Waals surface area (Å²) in [6.45, 7) is 4.52. The highest BCUT2D eigenvalue weighted by molar-refractivity contribution is 7.15. The minimum absolute atomic E-state index is 0.0822. The van der Waals surface area contributed by atoms with Crippen LogP contribution in [0, 0.1) is 6.92 Å². The van der Waals surface area contributed by atoms with Crippen molar-refractivity contribution in [2.45, 2.75) is 26.4 Å². The fourth-order valence-corrected chi connectivity index (χ4v) is 2.66. The van der Waals surface area contributed by atoms with E-state index in [1.807, 2.05) is 25.4 Å². The molecule has 1 N–H and O–H groups in total. The molecule has 0 spiro atoms. The lowest BCUT2D eigenvalue weighted by Gasteiger charge is -2.17. The molecule has 2 aromatic heterocycles. The largest absolute Gasteiger partial charge is 0.347 e. The van der Waals surface area contributed by atoms with Crippen molar-refractivity contribution in [3.63, 3.8) is 0 Å². The molecule has 0 aromatic carbocycles. The zero-order chi connectivity index (χ0) is 13.3. The van der Waals surface area contributed by atoms with Crippen molar-refractivity contribution in [2.24, 2.45) is 0 Å². The highest BCUT2D eigenvalue weighted by Crippen LogP contribution is 2.16. The monoisotopic (exact) mass is 266 g/mol. The van der Waals surface area contributed by atoms with E-state index >= 15 is 0 Å². The number of carbonyl (C=O) groups is 1. The van der Waals surface area contributed by atoms with Crippen LogP contribution in [0.2, 0.25) is 0 Å². The van der Waals surface area contributed by atoms with E-state index in [1.54, 1.807) is 30.3 Å². The second-order valence-corrected chi connectivity index (χ2v) is 5.41. The molecule has 0 saturated heterocycles. The van der Waals surface area contributed by atoms with Crippen molar-refractivity contribution >= 4 is 22.2 Å². The molecule has 2 rings (SSSR count). The quantitative estimate of drug-likeness (QED) is 0.906. The zero-order valence-corrected chi connectivity index (χ0v) is 11.9. The Morgan fingerprint density at radius 2 is 2.33 bits per heavy atom. The van der Waals surface area contributed by atoms with Crippen molar-refractivity contribution < 1.29 is 4.79 Å². The van der Waals surface area contributed by atoms with Crippen LogP contribution in [0.5, 0.6) is 0 Å². The number of aromatic nitrogens is 2. The summed E-state index contributed by atoms with van der Waals surface area (Å²) in [5, 5.41) is 5.26. The van der Waals surface area contributed by atoms with Crippen molar-refractivity contribution in [3.8, 4) is 0 Å². The van der Waals surface area contributed by atoms with Gasteiger partial charge in [-0.1, -0.05) is 0 Å². The standard InChI is InChI=1S/C12H18N4OS/c1-8-10(16-5-6-18-12(16)14-8)7-13-9(2)11(17)15(3)4/h5-6,9,13H,7H2,1-4H3. The molecule has 0 saturated carbocycles. The van der Waals surface area contributed by atoms with E-state index in [2.05, 4.69) is 14.7 Å². The molecule has 0 aliphatic carbocycles. The Kier molecular flexibility index (Phi) is 3.68. The summed E-state index contributed by atoms with van der Waals surface area (Å²) in [4.78, 5) is 18.8. The lowest BCUT2D eigenvalue weighted by atomic mass is 10.2. The normalized spacial score (nSPS) is 12.9. The fourth-order valence-electron chi connectivity index (χ4n) is 1.88. The Morgan fingerprint density at radius 3 is 3.00 bits per heavy atom. The van der Waals surface area contributed by atoms with Crippen LogP contribution < -0.4 is 5.32 Å². The van der Waals surface area contributed by atoms with Crippen LogP contribution in [0.4, 0.5) is 0 Å². The number of likely N-dealkylation sites (N-methyl/N-ethyl adjacent to an activating group) is 1. The molecule has 2 heterocycles. The molecule has 0 bridgehead atoms. The molecule has 6 heteroatoms. The van der Waals surface area contributed by atoms with E-state index in [9.17, 15) is 4.79 Å². The maximum atomic E-state index is 11.7. The SMILES string of the molecule is Cc1nc2sccn2c1CNC(C)C(=O)N(C)C. The Labute approximate surface area is 110 Å². The number of thiazole rings is 1. The molecule has 98 valence electrons. The van der Waals surface area contributed by atoms with Crippen LogP contribution in [0.25, 0.3) is 4.96 Å². The summed E-state index contributed by atoms with van der Waals surface area (Å²) in [5.41, 5.74) is 2.13. The molecule has 1 unspecified atom stereocenters. The minimum atomic E-state index is -0.191. The third-order valence-corrected chi connectivity index (χ3v) is 3.70. The molecule has 18 heavy (non-hydrogen) atoms. The molecule has 1 amide bonds. The van der Waals surface area contributed by atoms with Crippen molar-refractivity contribution in [1.29, 1.82) is 0 Å². The molecule has 0 radical (unpaired) electrons. The maximum Gasteiger partial charge on any atom is 0.238 e. The number of aryl methyl sites for hydroxylation is 1. The van der Waals surface area contributed by atoms with E-state index in [4.69, 9.17) is 0 Å². The fraction of sp³-hybridized carbons (Fsp3) is 0.500. The van der Waals surface area contributed by atoms with E-state index in [1.165, 1.54) is 0 Å². The summed E-state index contributed by atoms with van der Waals surface area (Å²) in [7, 11) is 3.53. The van der Waals surface area contributed by atoms with E-state index in [0.717, 1.165) is 16.3 Å². The highest BCUT2D eigenvalue weighted by Gasteiger charge is 2.16. The molecule has 1 atom stereocenters. The van der Waals surface area contributed by atoms with Crippen molar-refractivity contribution in [1.82, 2.24) is 19.6 Å². The second kappa shape index (κ2) is 5.07. The summed E-state index contributed by atoms with van der Waals surface area (Å²) in [6, 6.07) is -0.191. The highest BCUT2D eigenvalue weighted by atomic mass is 32.1. The smallest absolute Gasteiger partial charge is 0.238 e. The summed E-state index contributed by atoms with van der Waals surface area (Å²) in [6.07, 6.45) is 2.01. The molecule has 5 nitrogen and oxygen atoms in total. The number of fused-ring (bicyclic) bond motifs is 1. The van der Waals surface area contributed by atoms with E-state index in [-0.39, 0.29) is 11.9 Å². The van der Waals surface area contributed by atoms with Crippen LogP contribution in [0.15, 0.2) is 11.6 Å². The van der Waals surface area contributed by atoms with Gasteiger partial charge in [-0.15, -0.1) is 11.3 Å². The molecule has 2 aromatic rings. The summed E-state index contributed by atoms with van der Waals surface area (Å²) >= 11 is 1.62. The minimum Gasteiger partial charge on any atom is -0.347 e. The topological polar surface area (TPSA) is 49.6 Å². The number of amides is 1. The zero-order valence-electron chi connectivity index (χ0n) is 11.1. The van der Waals surface area contributed by atoms with Gasteiger partial charge in [-0.05, 0) is 13.8 Å². The Hall–Kier alpha value is -1.40. The predicted molar refractivity (Wildman–Crippen MR) is 72.8 cm³/mol. The third-order valence-electron chi connectivity index (χ3n) is 2.95. The number of hydrogen-bond acceptors (Lipinski definition) is 4. The van der Waals surface area contributed by atoms with Crippen molar-refractivity contribution in [3.05, 3.63) is 23.0 Å². The van der Waals surface area contributed by atoms with Crippen LogP contribution in [0.1, 0.15) is 18.3 Å². The van der Waals surface area contributed by atoms with Gasteiger partial charge >= 0.3 is 0 Å². The summed E-state index contributed by atoms with van der Waals surface area (Å²) in [5.74, 6) is 0.0822. The van der Waals surface area contributed by atoms with Gasteiger partial charge < -0.3 is 10.2 Å². The van der Waals surface area contributed by atoms with Gasteiger partial charge in [0, 0.05) is 32.2 Å². The van der Waals surface area contributed by atoms with Crippen LogP contribution in [-0.2, 0) is 11.3 Å². The van der Waals surface area contributed by atoms with Crippen LogP contribution in [0.3, 0.4) is 0 Å².